The Morgan fingerprint density at radius 2 is 2.20 bits per heavy atom. The molecule has 3 rings (SSSR count). The van der Waals surface area contributed by atoms with Crippen LogP contribution in [0.25, 0.3) is 11.2 Å². The van der Waals surface area contributed by atoms with Gasteiger partial charge in [0.15, 0.2) is 5.65 Å². The molecule has 0 saturated carbocycles. The molecule has 0 bridgehead atoms. The van der Waals surface area contributed by atoms with Crippen LogP contribution >= 0.6 is 23.2 Å². The van der Waals surface area contributed by atoms with Crippen molar-refractivity contribution < 1.29 is 0 Å². The molecule has 3 heterocycles. The van der Waals surface area contributed by atoms with E-state index in [4.69, 9.17) is 23.2 Å². The molecular formula is C13H13Cl2N5. The van der Waals surface area contributed by atoms with Crippen LogP contribution in [0.4, 0.5) is 0 Å². The van der Waals surface area contributed by atoms with Gasteiger partial charge in [0.1, 0.15) is 11.3 Å². The van der Waals surface area contributed by atoms with Gasteiger partial charge in [-0.15, -0.1) is 11.6 Å². The Hall–Kier alpha value is -1.59. The third-order valence-electron chi connectivity index (χ3n) is 3.11. The van der Waals surface area contributed by atoms with Crippen molar-refractivity contribution in [3.05, 3.63) is 41.1 Å². The Morgan fingerprint density at radius 3 is 2.90 bits per heavy atom. The standard InChI is InChI=1S/C13H13Cl2N5/c1-19-4-2-10(18-19)3-5-20-12(7-14)17-11-6-9(15)8-16-13(11)20/h2,4,6,8H,3,5,7H2,1H3. The smallest absolute Gasteiger partial charge is 0.160 e. The number of hydrogen-bond acceptors (Lipinski definition) is 3. The average molecular weight is 310 g/mol. The number of hydrogen-bond donors (Lipinski definition) is 0. The molecule has 0 atom stereocenters. The van der Waals surface area contributed by atoms with Crippen molar-refractivity contribution in [2.75, 3.05) is 0 Å². The minimum absolute atomic E-state index is 0.343. The highest BCUT2D eigenvalue weighted by Gasteiger charge is 2.12. The second kappa shape index (κ2) is 5.42. The lowest BCUT2D eigenvalue weighted by Gasteiger charge is -2.05. The number of halogens is 2. The van der Waals surface area contributed by atoms with Gasteiger partial charge in [-0.25, -0.2) is 9.97 Å². The van der Waals surface area contributed by atoms with Gasteiger partial charge in [0, 0.05) is 32.4 Å². The Morgan fingerprint density at radius 1 is 1.35 bits per heavy atom. The molecule has 0 aromatic carbocycles. The fraction of sp³-hybridized carbons (Fsp3) is 0.308. The highest BCUT2D eigenvalue weighted by molar-refractivity contribution is 6.31. The predicted molar refractivity (Wildman–Crippen MR) is 79.0 cm³/mol. The zero-order valence-corrected chi connectivity index (χ0v) is 12.4. The molecule has 5 nitrogen and oxygen atoms in total. The molecule has 0 N–H and O–H groups in total. The summed E-state index contributed by atoms with van der Waals surface area (Å²) in [5.74, 6) is 1.14. The largest absolute Gasteiger partial charge is 0.311 e. The minimum atomic E-state index is 0.343. The summed E-state index contributed by atoms with van der Waals surface area (Å²) in [6, 6.07) is 3.81. The molecule has 104 valence electrons. The molecule has 0 aliphatic rings. The molecule has 0 aliphatic heterocycles. The maximum atomic E-state index is 5.97. The first-order valence-electron chi connectivity index (χ1n) is 6.22. The van der Waals surface area contributed by atoms with Crippen LogP contribution in [0.3, 0.4) is 0 Å². The van der Waals surface area contributed by atoms with Gasteiger partial charge in [-0.2, -0.15) is 5.10 Å². The quantitative estimate of drug-likeness (QED) is 0.696. The lowest BCUT2D eigenvalue weighted by molar-refractivity contribution is 0.656. The van der Waals surface area contributed by atoms with Gasteiger partial charge < -0.3 is 4.57 Å². The Kier molecular flexibility index (Phi) is 3.63. The van der Waals surface area contributed by atoms with E-state index in [-0.39, 0.29) is 0 Å². The van der Waals surface area contributed by atoms with Gasteiger partial charge in [0.25, 0.3) is 0 Å². The Labute approximate surface area is 126 Å². The first-order valence-corrected chi connectivity index (χ1v) is 7.14. The summed E-state index contributed by atoms with van der Waals surface area (Å²) in [7, 11) is 1.91. The highest BCUT2D eigenvalue weighted by Crippen LogP contribution is 2.19. The van der Waals surface area contributed by atoms with Crippen LogP contribution in [0.1, 0.15) is 11.5 Å². The lowest BCUT2D eigenvalue weighted by Crippen LogP contribution is -2.06. The maximum Gasteiger partial charge on any atom is 0.160 e. The molecule has 0 radical (unpaired) electrons. The van der Waals surface area contributed by atoms with Crippen LogP contribution in [0.15, 0.2) is 24.5 Å². The number of fused-ring (bicyclic) bond motifs is 1. The third-order valence-corrected chi connectivity index (χ3v) is 3.56. The summed E-state index contributed by atoms with van der Waals surface area (Å²) in [6.07, 6.45) is 4.36. The van der Waals surface area contributed by atoms with Crippen molar-refractivity contribution >= 4 is 34.4 Å². The fourth-order valence-corrected chi connectivity index (χ4v) is 2.55. The van der Waals surface area contributed by atoms with Crippen molar-refractivity contribution in [2.24, 2.45) is 7.05 Å². The minimum Gasteiger partial charge on any atom is -0.311 e. The van der Waals surface area contributed by atoms with E-state index in [1.165, 1.54) is 0 Å². The molecule has 0 amide bonds. The van der Waals surface area contributed by atoms with Crippen LogP contribution in [-0.2, 0) is 25.9 Å². The van der Waals surface area contributed by atoms with E-state index in [1.54, 1.807) is 16.9 Å². The zero-order valence-electron chi connectivity index (χ0n) is 10.9. The third kappa shape index (κ3) is 2.51. The zero-order chi connectivity index (χ0) is 14.1. The van der Waals surface area contributed by atoms with Gasteiger partial charge in [-0.3, -0.25) is 4.68 Å². The summed E-state index contributed by atoms with van der Waals surface area (Å²) in [6.45, 7) is 0.740. The van der Waals surface area contributed by atoms with Crippen molar-refractivity contribution in [3.63, 3.8) is 0 Å². The molecule has 0 aliphatic carbocycles. The molecule has 0 fully saturated rings. The molecular weight excluding hydrogens is 297 g/mol. The molecule has 0 saturated heterocycles. The fourth-order valence-electron chi connectivity index (χ4n) is 2.19. The lowest BCUT2D eigenvalue weighted by atomic mass is 10.3. The molecule has 3 aromatic heterocycles. The second-order valence-corrected chi connectivity index (χ2v) is 5.24. The summed E-state index contributed by atoms with van der Waals surface area (Å²) < 4.78 is 3.81. The topological polar surface area (TPSA) is 48.5 Å². The monoisotopic (exact) mass is 309 g/mol. The van der Waals surface area contributed by atoms with E-state index >= 15 is 0 Å². The number of alkyl halides is 1. The normalized spacial score (nSPS) is 11.3. The summed E-state index contributed by atoms with van der Waals surface area (Å²) >= 11 is 11.9. The molecule has 7 heteroatoms. The Bertz CT molecular complexity index is 746. The predicted octanol–water partition coefficient (Wildman–Crippen LogP) is 2.80. The van der Waals surface area contributed by atoms with Gasteiger partial charge in [0.05, 0.1) is 16.6 Å². The van der Waals surface area contributed by atoms with Crippen LogP contribution in [0.2, 0.25) is 5.02 Å². The van der Waals surface area contributed by atoms with Crippen molar-refractivity contribution in [3.8, 4) is 0 Å². The summed E-state index contributed by atoms with van der Waals surface area (Å²) in [5.41, 5.74) is 2.61. The van der Waals surface area contributed by atoms with E-state index < -0.39 is 0 Å². The van der Waals surface area contributed by atoms with Gasteiger partial charge in [0.2, 0.25) is 0 Å². The Balaban J connectivity index is 1.93. The van der Waals surface area contributed by atoms with Gasteiger partial charge in [-0.1, -0.05) is 11.6 Å². The van der Waals surface area contributed by atoms with Crippen LogP contribution < -0.4 is 0 Å². The maximum absolute atomic E-state index is 5.97. The van der Waals surface area contributed by atoms with Crippen LogP contribution in [0, 0.1) is 0 Å². The molecule has 0 spiro atoms. The van der Waals surface area contributed by atoms with Crippen LogP contribution in [0.5, 0.6) is 0 Å². The first kappa shape index (κ1) is 13.4. The molecule has 20 heavy (non-hydrogen) atoms. The first-order chi connectivity index (χ1) is 9.67. The van der Waals surface area contributed by atoms with Crippen LogP contribution in [-0.4, -0.2) is 24.3 Å². The van der Waals surface area contributed by atoms with Crippen molar-refractivity contribution in [2.45, 2.75) is 18.8 Å². The van der Waals surface area contributed by atoms with E-state index in [1.807, 2.05) is 23.9 Å². The second-order valence-electron chi connectivity index (χ2n) is 4.54. The number of rotatable bonds is 4. The number of imidazole rings is 1. The van der Waals surface area contributed by atoms with E-state index in [9.17, 15) is 0 Å². The number of aryl methyl sites for hydroxylation is 3. The average Bonchev–Trinajstić information content (AvgIpc) is 2.99. The summed E-state index contributed by atoms with van der Waals surface area (Å²) in [5, 5.41) is 4.95. The summed E-state index contributed by atoms with van der Waals surface area (Å²) in [4.78, 5) is 8.82. The van der Waals surface area contributed by atoms with Crippen molar-refractivity contribution in [1.82, 2.24) is 24.3 Å². The molecule has 3 aromatic rings. The molecule has 0 unspecified atom stereocenters. The van der Waals surface area contributed by atoms with Crippen molar-refractivity contribution in [1.29, 1.82) is 0 Å². The van der Waals surface area contributed by atoms with E-state index in [0.717, 1.165) is 35.6 Å². The van der Waals surface area contributed by atoms with Gasteiger partial charge >= 0.3 is 0 Å². The number of aromatic nitrogens is 5. The number of nitrogens with zero attached hydrogens (tertiary/aromatic N) is 5. The number of pyridine rings is 1. The highest BCUT2D eigenvalue weighted by atomic mass is 35.5. The van der Waals surface area contributed by atoms with E-state index in [0.29, 0.717) is 10.9 Å². The van der Waals surface area contributed by atoms with Gasteiger partial charge in [-0.05, 0) is 12.1 Å². The van der Waals surface area contributed by atoms with E-state index in [2.05, 4.69) is 15.1 Å². The SMILES string of the molecule is Cn1ccc(CCn2c(CCl)nc3cc(Cl)cnc32)n1.